The minimum Gasteiger partial charge on any atom is -0.480 e. The minimum atomic E-state index is -1.03. The second kappa shape index (κ2) is 61.9. The summed E-state index contributed by atoms with van der Waals surface area (Å²) in [6.07, 6.45) is 66.2. The number of hydrogen-bond acceptors (Lipinski definition) is 8. The molecule has 3 N–H and O–H groups in total. The van der Waals surface area contributed by atoms with Gasteiger partial charge < -0.3 is 19.7 Å². The molecule has 1 unspecified atom stereocenters. The summed E-state index contributed by atoms with van der Waals surface area (Å²) in [6, 6.07) is -0.977. The van der Waals surface area contributed by atoms with E-state index in [0.29, 0.717) is 19.3 Å². The standard InChI is InChI=1S/C66H129NO7S/c1-4-7-10-13-16-19-22-25-27-29-31-33-35-38-41-44-47-50-53-56-64(69)73-58-61(75-60-62(66(71)72)67-63(68)55-52-49-46-43-40-37-24-21-18-15-12-9-6-3)59-74-65(70)57-54-51-48-45-42-39-36-34-32-30-28-26-23-20-17-14-11-8-5-2/h61-63,67-68H,4-60H2,1-3H3,(H,71,72)/t62-,63?/m0/s1. The van der Waals surface area contributed by atoms with Gasteiger partial charge in [0.05, 0.1) is 5.25 Å². The molecule has 0 aromatic heterocycles. The average molecular weight is 1080 g/mol. The van der Waals surface area contributed by atoms with Crippen molar-refractivity contribution < 1.29 is 34.1 Å². The van der Waals surface area contributed by atoms with E-state index in [4.69, 9.17) is 9.47 Å². The van der Waals surface area contributed by atoms with Crippen LogP contribution in [0.4, 0.5) is 0 Å². The molecule has 0 aliphatic carbocycles. The van der Waals surface area contributed by atoms with Gasteiger partial charge in [-0.25, -0.2) is 0 Å². The SMILES string of the molecule is CCCCCCCCCCCCCCCCCCCCCC(=O)OCC(COC(=O)CCCCCCCCCCCCCCCCCCCCC)SC[C@H](NC(O)CCCCCCCCCCCCCCC)C(=O)O. The van der Waals surface area contributed by atoms with Crippen LogP contribution in [-0.4, -0.2) is 64.6 Å². The van der Waals surface area contributed by atoms with Gasteiger partial charge in [0, 0.05) is 18.6 Å². The van der Waals surface area contributed by atoms with Crippen LogP contribution in [0.2, 0.25) is 0 Å². The van der Waals surface area contributed by atoms with Gasteiger partial charge in [-0.05, 0) is 25.7 Å². The molecule has 2 atom stereocenters. The first-order valence-corrected chi connectivity index (χ1v) is 34.5. The molecule has 0 spiro atoms. The normalized spacial score (nSPS) is 12.4. The summed E-state index contributed by atoms with van der Waals surface area (Å²) in [5.41, 5.74) is 0. The number of ether oxygens (including phenoxy) is 2. The number of aliphatic hydroxyl groups is 1. The van der Waals surface area contributed by atoms with Crippen LogP contribution in [0.1, 0.15) is 367 Å². The van der Waals surface area contributed by atoms with Gasteiger partial charge in [-0.1, -0.05) is 329 Å². The van der Waals surface area contributed by atoms with E-state index in [-0.39, 0.29) is 30.9 Å². The zero-order valence-electron chi connectivity index (χ0n) is 50.4. The smallest absolute Gasteiger partial charge is 0.321 e. The van der Waals surface area contributed by atoms with E-state index < -0.39 is 23.5 Å². The fourth-order valence-corrected chi connectivity index (χ4v) is 11.5. The Kier molecular flexibility index (Phi) is 60.8. The molecule has 8 nitrogen and oxygen atoms in total. The molecular formula is C66H129NO7S. The molecule has 0 amide bonds. The zero-order chi connectivity index (χ0) is 54.6. The predicted octanol–water partition coefficient (Wildman–Crippen LogP) is 20.7. The highest BCUT2D eigenvalue weighted by atomic mass is 32.2. The lowest BCUT2D eigenvalue weighted by molar-refractivity contribution is -0.146. The van der Waals surface area contributed by atoms with Crippen molar-refractivity contribution in [3.8, 4) is 0 Å². The first-order chi connectivity index (χ1) is 36.8. The third kappa shape index (κ3) is 58.7. The molecule has 0 saturated carbocycles. The molecule has 0 rings (SSSR count). The fraction of sp³-hybridized carbons (Fsp3) is 0.955. The van der Waals surface area contributed by atoms with Gasteiger partial charge in [-0.15, -0.1) is 11.8 Å². The fourth-order valence-electron chi connectivity index (χ4n) is 10.5. The Hall–Kier alpha value is -1.32. The van der Waals surface area contributed by atoms with E-state index in [1.165, 1.54) is 281 Å². The molecule has 0 saturated heterocycles. The number of carbonyl (C=O) groups is 3. The second-order valence-electron chi connectivity index (χ2n) is 23.2. The van der Waals surface area contributed by atoms with Gasteiger partial charge in [-0.3, -0.25) is 19.7 Å². The highest BCUT2D eigenvalue weighted by Gasteiger charge is 2.24. The van der Waals surface area contributed by atoms with E-state index in [1.807, 2.05) is 0 Å². The van der Waals surface area contributed by atoms with Gasteiger partial charge in [0.1, 0.15) is 25.5 Å². The number of thioether (sulfide) groups is 1. The molecular weight excluding hydrogens is 951 g/mol. The lowest BCUT2D eigenvalue weighted by atomic mass is 10.0. The summed E-state index contributed by atoms with van der Waals surface area (Å²) in [5, 5.41) is 23.3. The van der Waals surface area contributed by atoms with Crippen LogP contribution in [0.5, 0.6) is 0 Å². The number of aliphatic carboxylic acids is 1. The van der Waals surface area contributed by atoms with Crippen LogP contribution in [0.25, 0.3) is 0 Å². The lowest BCUT2D eigenvalue weighted by Gasteiger charge is -2.22. The Balaban J connectivity index is 4.52. The number of carboxylic acid groups (broad SMARTS) is 1. The number of carbonyl (C=O) groups excluding carboxylic acids is 2. The van der Waals surface area contributed by atoms with Gasteiger partial charge >= 0.3 is 17.9 Å². The molecule has 0 aliphatic rings. The van der Waals surface area contributed by atoms with Crippen molar-refractivity contribution in [3.05, 3.63) is 0 Å². The van der Waals surface area contributed by atoms with Crippen molar-refractivity contribution >= 4 is 29.7 Å². The van der Waals surface area contributed by atoms with Gasteiger partial charge in [0.25, 0.3) is 0 Å². The summed E-state index contributed by atoms with van der Waals surface area (Å²) >= 11 is 1.33. The van der Waals surface area contributed by atoms with Crippen LogP contribution in [-0.2, 0) is 23.9 Å². The molecule has 0 fully saturated rings. The molecule has 0 aromatic carbocycles. The minimum absolute atomic E-state index is 0.0585. The second-order valence-corrected chi connectivity index (χ2v) is 24.5. The number of rotatable bonds is 64. The molecule has 0 bridgehead atoms. The van der Waals surface area contributed by atoms with Crippen molar-refractivity contribution in [2.75, 3.05) is 19.0 Å². The summed E-state index contributed by atoms with van der Waals surface area (Å²) < 4.78 is 11.4. The summed E-state index contributed by atoms with van der Waals surface area (Å²) in [5.74, 6) is -1.39. The Labute approximate surface area is 470 Å². The summed E-state index contributed by atoms with van der Waals surface area (Å²) in [7, 11) is 0. The molecule has 9 heteroatoms. The monoisotopic (exact) mass is 1080 g/mol. The Morgan fingerprint density at radius 1 is 0.360 bits per heavy atom. The lowest BCUT2D eigenvalue weighted by Crippen LogP contribution is -2.45. The van der Waals surface area contributed by atoms with E-state index in [9.17, 15) is 24.6 Å². The summed E-state index contributed by atoms with van der Waals surface area (Å²) in [4.78, 5) is 38.0. The number of aliphatic hydroxyl groups excluding tert-OH is 1. The summed E-state index contributed by atoms with van der Waals surface area (Å²) in [6.45, 7) is 6.94. The Bertz CT molecular complexity index is 1120. The largest absolute Gasteiger partial charge is 0.480 e. The molecule has 446 valence electrons. The number of unbranched alkanes of at least 4 members (excludes halogenated alkanes) is 48. The number of esters is 2. The topological polar surface area (TPSA) is 122 Å². The molecule has 75 heavy (non-hydrogen) atoms. The highest BCUT2D eigenvalue weighted by molar-refractivity contribution is 8.00. The van der Waals surface area contributed by atoms with E-state index >= 15 is 0 Å². The molecule has 0 aromatic rings. The quantitative estimate of drug-likeness (QED) is 0.0310. The van der Waals surface area contributed by atoms with Crippen LogP contribution in [0, 0.1) is 0 Å². The van der Waals surface area contributed by atoms with E-state index in [2.05, 4.69) is 26.1 Å². The maximum atomic E-state index is 12.8. The molecule has 0 radical (unpaired) electrons. The van der Waals surface area contributed by atoms with Crippen LogP contribution in [0.15, 0.2) is 0 Å². The number of nitrogens with one attached hydrogen (secondary N) is 1. The van der Waals surface area contributed by atoms with E-state index in [0.717, 1.165) is 57.8 Å². The first kappa shape index (κ1) is 73.7. The van der Waals surface area contributed by atoms with E-state index in [1.54, 1.807) is 0 Å². The Morgan fingerprint density at radius 2 is 0.587 bits per heavy atom. The van der Waals surface area contributed by atoms with Crippen molar-refractivity contribution in [3.63, 3.8) is 0 Å². The third-order valence-electron chi connectivity index (χ3n) is 15.6. The first-order valence-electron chi connectivity index (χ1n) is 33.4. The maximum absolute atomic E-state index is 12.8. The van der Waals surface area contributed by atoms with Crippen molar-refractivity contribution in [2.45, 2.75) is 385 Å². The van der Waals surface area contributed by atoms with Crippen LogP contribution in [0.3, 0.4) is 0 Å². The van der Waals surface area contributed by atoms with Crippen LogP contribution < -0.4 is 5.32 Å². The highest BCUT2D eigenvalue weighted by Crippen LogP contribution is 2.20. The molecule has 0 heterocycles. The van der Waals surface area contributed by atoms with Crippen LogP contribution >= 0.6 is 11.8 Å². The Morgan fingerprint density at radius 3 is 0.827 bits per heavy atom. The number of carboxylic acids is 1. The third-order valence-corrected chi connectivity index (χ3v) is 16.9. The van der Waals surface area contributed by atoms with Gasteiger partial charge in [-0.2, -0.15) is 0 Å². The van der Waals surface area contributed by atoms with Gasteiger partial charge in [0.15, 0.2) is 0 Å². The van der Waals surface area contributed by atoms with Crippen molar-refractivity contribution in [2.24, 2.45) is 0 Å². The predicted molar refractivity (Wildman–Crippen MR) is 325 cm³/mol. The number of hydrogen-bond donors (Lipinski definition) is 3. The van der Waals surface area contributed by atoms with Gasteiger partial charge in [0.2, 0.25) is 0 Å². The maximum Gasteiger partial charge on any atom is 0.321 e. The van der Waals surface area contributed by atoms with Crippen molar-refractivity contribution in [1.82, 2.24) is 5.32 Å². The molecule has 0 aliphatic heterocycles. The van der Waals surface area contributed by atoms with Crippen molar-refractivity contribution in [1.29, 1.82) is 0 Å². The average Bonchev–Trinajstić information content (AvgIpc) is 3.40. The zero-order valence-corrected chi connectivity index (χ0v) is 51.2.